The quantitative estimate of drug-likeness (QED) is 0.402. The molecule has 5 heterocycles. The lowest BCUT2D eigenvalue weighted by molar-refractivity contribution is -0.0158. The maximum atomic E-state index is 13.6. The number of carbonyl (C=O) groups is 1. The highest BCUT2D eigenvalue weighted by Crippen LogP contribution is 2.45. The molecule has 4 aromatic heterocycles. The van der Waals surface area contributed by atoms with E-state index in [0.717, 1.165) is 47.4 Å². The van der Waals surface area contributed by atoms with Gasteiger partial charge >= 0.3 is 0 Å². The monoisotopic (exact) mass is 519 g/mol. The van der Waals surface area contributed by atoms with Gasteiger partial charge in [0.25, 0.3) is 5.91 Å². The third-order valence-electron chi connectivity index (χ3n) is 7.49. The highest BCUT2D eigenvalue weighted by Gasteiger charge is 2.49. The van der Waals surface area contributed by atoms with Crippen LogP contribution in [0.4, 0.5) is 4.39 Å². The van der Waals surface area contributed by atoms with Crippen molar-refractivity contribution >= 4 is 28.5 Å². The van der Waals surface area contributed by atoms with Crippen LogP contribution < -0.4 is 0 Å². The van der Waals surface area contributed by atoms with E-state index in [0.29, 0.717) is 32.6 Å². The van der Waals surface area contributed by atoms with Crippen LogP contribution in [0.5, 0.6) is 0 Å². The number of fused-ring (bicyclic) bond motifs is 1. The zero-order valence-corrected chi connectivity index (χ0v) is 20.6. The average molecular weight is 520 g/mol. The second kappa shape index (κ2) is 9.21. The molecule has 1 aliphatic carbocycles. The number of carbonyl (C=O) groups excluding carboxylic acids is 1. The van der Waals surface area contributed by atoms with Crippen molar-refractivity contribution in [1.29, 1.82) is 5.26 Å². The molecule has 0 unspecified atom stereocenters. The summed E-state index contributed by atoms with van der Waals surface area (Å²) in [5, 5.41) is 15.2. The van der Waals surface area contributed by atoms with E-state index in [2.05, 4.69) is 36.0 Å². The topological polar surface area (TPSA) is 120 Å². The Morgan fingerprint density at radius 2 is 2.03 bits per heavy atom. The number of aromatic nitrogens is 6. The van der Waals surface area contributed by atoms with Crippen molar-refractivity contribution < 1.29 is 9.18 Å². The minimum atomic E-state index is -0.589. The molecule has 37 heavy (non-hydrogen) atoms. The molecule has 6 rings (SSSR count). The zero-order chi connectivity index (χ0) is 25.6. The van der Waals surface area contributed by atoms with Gasteiger partial charge in [0.05, 0.1) is 41.7 Å². The lowest BCUT2D eigenvalue weighted by Gasteiger charge is -2.52. The SMILES string of the molecule is N#CC[C@]1(n2cc(-c3ncnc4[nH]ccc34)cn2)C[C@H](N2CCN(C(=O)c3cc(F)cnc3Cl)CC2)C1. The summed E-state index contributed by atoms with van der Waals surface area (Å²) in [7, 11) is 0. The molecule has 12 heteroatoms. The van der Waals surface area contributed by atoms with Gasteiger partial charge in [0.15, 0.2) is 0 Å². The number of H-pyrrole nitrogens is 1. The third-order valence-corrected chi connectivity index (χ3v) is 7.79. The Morgan fingerprint density at radius 1 is 1.22 bits per heavy atom. The Morgan fingerprint density at radius 3 is 2.81 bits per heavy atom. The first-order valence-electron chi connectivity index (χ1n) is 12.0. The molecule has 1 amide bonds. The van der Waals surface area contributed by atoms with Gasteiger partial charge in [0.1, 0.15) is 22.9 Å². The van der Waals surface area contributed by atoms with Crippen LogP contribution in [0.15, 0.2) is 43.2 Å². The first-order valence-corrected chi connectivity index (χ1v) is 12.4. The Labute approximate surface area is 216 Å². The van der Waals surface area contributed by atoms with E-state index in [1.54, 1.807) is 11.1 Å². The van der Waals surface area contributed by atoms with Gasteiger partial charge in [-0.25, -0.2) is 19.3 Å². The molecule has 1 saturated heterocycles. The Bertz CT molecular complexity index is 1510. The number of piperazine rings is 1. The molecule has 0 radical (unpaired) electrons. The van der Waals surface area contributed by atoms with Crippen molar-refractivity contribution in [2.24, 2.45) is 0 Å². The molecule has 0 spiro atoms. The number of halogens is 2. The van der Waals surface area contributed by atoms with E-state index in [1.165, 1.54) is 6.33 Å². The van der Waals surface area contributed by atoms with Gasteiger partial charge in [-0.2, -0.15) is 10.4 Å². The predicted molar refractivity (Wildman–Crippen MR) is 133 cm³/mol. The van der Waals surface area contributed by atoms with Crippen LogP contribution in [0.2, 0.25) is 5.15 Å². The molecule has 0 atom stereocenters. The van der Waals surface area contributed by atoms with Crippen molar-refractivity contribution in [3.63, 3.8) is 0 Å². The molecule has 1 N–H and O–H groups in total. The second-order valence-electron chi connectivity index (χ2n) is 9.58. The van der Waals surface area contributed by atoms with Crippen molar-refractivity contribution in [1.82, 2.24) is 39.5 Å². The molecule has 4 aromatic rings. The van der Waals surface area contributed by atoms with Crippen molar-refractivity contribution in [3.8, 4) is 17.3 Å². The lowest BCUT2D eigenvalue weighted by Crippen LogP contribution is -2.60. The average Bonchev–Trinajstić information content (AvgIpc) is 3.57. The number of rotatable bonds is 5. The van der Waals surface area contributed by atoms with Gasteiger partial charge in [-0.05, 0) is 25.0 Å². The van der Waals surface area contributed by atoms with E-state index in [1.807, 2.05) is 23.1 Å². The fourth-order valence-electron chi connectivity index (χ4n) is 5.48. The summed E-state index contributed by atoms with van der Waals surface area (Å²) in [4.78, 5) is 32.4. The fraction of sp³-hybridized carbons (Fsp3) is 0.360. The normalized spacial score (nSPS) is 22.1. The smallest absolute Gasteiger partial charge is 0.257 e. The van der Waals surface area contributed by atoms with Gasteiger partial charge in [0, 0.05) is 55.6 Å². The molecule has 0 aromatic carbocycles. The summed E-state index contributed by atoms with van der Waals surface area (Å²) in [6, 6.07) is 5.70. The number of amides is 1. The van der Waals surface area contributed by atoms with Crippen molar-refractivity contribution in [2.75, 3.05) is 26.2 Å². The Kier molecular flexibility index (Phi) is 5.85. The molecular formula is C25H23ClFN9O. The molecule has 2 fully saturated rings. The maximum Gasteiger partial charge on any atom is 0.257 e. The first-order chi connectivity index (χ1) is 18.0. The molecule has 10 nitrogen and oxygen atoms in total. The van der Waals surface area contributed by atoms with Crippen LogP contribution in [-0.4, -0.2) is 77.6 Å². The largest absolute Gasteiger partial charge is 0.346 e. The van der Waals surface area contributed by atoms with Gasteiger partial charge in [-0.15, -0.1) is 0 Å². The van der Waals surface area contributed by atoms with Crippen LogP contribution in [0.3, 0.4) is 0 Å². The number of pyridine rings is 1. The van der Waals surface area contributed by atoms with Crippen molar-refractivity contribution in [3.05, 3.63) is 59.8 Å². The molecular weight excluding hydrogens is 497 g/mol. The highest BCUT2D eigenvalue weighted by atomic mass is 35.5. The highest BCUT2D eigenvalue weighted by molar-refractivity contribution is 6.32. The van der Waals surface area contributed by atoms with Gasteiger partial charge in [-0.1, -0.05) is 11.6 Å². The van der Waals surface area contributed by atoms with Crippen LogP contribution in [0.25, 0.3) is 22.3 Å². The van der Waals surface area contributed by atoms with Gasteiger partial charge in [0.2, 0.25) is 0 Å². The zero-order valence-electron chi connectivity index (χ0n) is 19.8. The number of nitriles is 1. The molecule has 188 valence electrons. The minimum Gasteiger partial charge on any atom is -0.346 e. The number of hydrogen-bond donors (Lipinski definition) is 1. The second-order valence-corrected chi connectivity index (χ2v) is 9.94. The minimum absolute atomic E-state index is 0.00640. The van der Waals surface area contributed by atoms with E-state index in [-0.39, 0.29) is 28.2 Å². The Balaban J connectivity index is 1.13. The summed E-state index contributed by atoms with van der Waals surface area (Å²) in [6.45, 7) is 2.41. The standard InChI is InChI=1S/C25H23ClFN9O/c26-22-20(9-17(27)13-30-22)24(37)35-7-5-34(6-8-35)18-10-25(11-18,2-3-28)36-14-16(12-33-36)21-19-1-4-29-23(19)32-15-31-21/h1,4,9,12-15,18H,2,5-8,10-11H2,(H,29,31,32)/t18-,25-. The Hall–Kier alpha value is -3.88. The molecule has 2 aliphatic rings. The van der Waals surface area contributed by atoms with E-state index < -0.39 is 5.82 Å². The third kappa shape index (κ3) is 4.12. The number of hydrogen-bond acceptors (Lipinski definition) is 7. The summed E-state index contributed by atoms with van der Waals surface area (Å²) in [6.07, 6.45) is 10.1. The number of aromatic amines is 1. The fourth-order valence-corrected chi connectivity index (χ4v) is 5.66. The summed E-state index contributed by atoms with van der Waals surface area (Å²) in [5.41, 5.74) is 2.15. The van der Waals surface area contributed by atoms with E-state index in [4.69, 9.17) is 11.6 Å². The number of nitrogens with zero attached hydrogens (tertiary/aromatic N) is 8. The molecule has 0 bridgehead atoms. The van der Waals surface area contributed by atoms with Crippen molar-refractivity contribution in [2.45, 2.75) is 30.8 Å². The summed E-state index contributed by atoms with van der Waals surface area (Å²) in [5.74, 6) is -0.900. The van der Waals surface area contributed by atoms with Crippen LogP contribution in [-0.2, 0) is 5.54 Å². The van der Waals surface area contributed by atoms with Crippen LogP contribution in [0, 0.1) is 17.1 Å². The first kappa shape index (κ1) is 23.5. The van der Waals surface area contributed by atoms with E-state index in [9.17, 15) is 14.4 Å². The number of nitrogens with one attached hydrogen (secondary N) is 1. The summed E-state index contributed by atoms with van der Waals surface area (Å²) >= 11 is 6.03. The predicted octanol–water partition coefficient (Wildman–Crippen LogP) is 3.24. The van der Waals surface area contributed by atoms with Crippen LogP contribution in [0.1, 0.15) is 29.6 Å². The van der Waals surface area contributed by atoms with E-state index >= 15 is 0 Å². The maximum absolute atomic E-state index is 13.6. The van der Waals surface area contributed by atoms with Gasteiger partial charge < -0.3 is 9.88 Å². The van der Waals surface area contributed by atoms with Gasteiger partial charge in [-0.3, -0.25) is 14.4 Å². The van der Waals surface area contributed by atoms with Crippen LogP contribution >= 0.6 is 11.6 Å². The lowest BCUT2D eigenvalue weighted by atomic mass is 9.70. The molecule has 1 saturated carbocycles. The molecule has 1 aliphatic heterocycles. The summed E-state index contributed by atoms with van der Waals surface area (Å²) < 4.78 is 15.5.